The Hall–Kier alpha value is -2.76. The summed E-state index contributed by atoms with van der Waals surface area (Å²) in [6.07, 6.45) is 3.35. The van der Waals surface area contributed by atoms with Gasteiger partial charge in [-0.25, -0.2) is 13.4 Å². The number of sulfonamides is 1. The Morgan fingerprint density at radius 3 is 2.62 bits per heavy atom. The Labute approximate surface area is 188 Å². The number of amidine groups is 1. The molecule has 5 N–H and O–H groups in total. The highest BCUT2D eigenvalue weighted by atomic mass is 32.2. The number of hydrogen-bond acceptors (Lipinski definition) is 6. The number of nitrogens with two attached hydrogens (primary N) is 1. The number of carbonyl (C=O) groups excluding carboxylic acids is 2. The molecular formula is C21H30N6O4S. The van der Waals surface area contributed by atoms with E-state index in [1.165, 1.54) is 12.1 Å². The molecule has 32 heavy (non-hydrogen) atoms. The second kappa shape index (κ2) is 10.2. The van der Waals surface area contributed by atoms with E-state index in [9.17, 15) is 18.0 Å². The lowest BCUT2D eigenvalue weighted by Crippen LogP contribution is -2.64. The summed E-state index contributed by atoms with van der Waals surface area (Å²) in [4.78, 5) is 24.7. The molecule has 0 bridgehead atoms. The highest BCUT2D eigenvalue weighted by Gasteiger charge is 2.41. The quantitative estimate of drug-likeness (QED) is 0.189. The molecule has 1 aromatic carbocycles. The summed E-state index contributed by atoms with van der Waals surface area (Å²) in [5.41, 5.74) is 6.68. The Morgan fingerprint density at radius 1 is 1.25 bits per heavy atom. The topological polar surface area (TPSA) is 149 Å². The van der Waals surface area contributed by atoms with Gasteiger partial charge in [0.15, 0.2) is 0 Å². The monoisotopic (exact) mass is 462 g/mol. The third-order valence-electron chi connectivity index (χ3n) is 5.87. The van der Waals surface area contributed by atoms with Crippen LogP contribution in [0.1, 0.15) is 32.1 Å². The van der Waals surface area contributed by atoms with Crippen LogP contribution in [0.25, 0.3) is 0 Å². The van der Waals surface area contributed by atoms with Gasteiger partial charge in [-0.3, -0.25) is 20.0 Å². The van der Waals surface area contributed by atoms with Gasteiger partial charge >= 0.3 is 0 Å². The predicted molar refractivity (Wildman–Crippen MR) is 120 cm³/mol. The lowest BCUT2D eigenvalue weighted by molar-refractivity contribution is -0.157. The van der Waals surface area contributed by atoms with Crippen LogP contribution in [0.3, 0.4) is 0 Å². The van der Waals surface area contributed by atoms with Crippen LogP contribution in [0.2, 0.25) is 0 Å². The Kier molecular flexibility index (Phi) is 7.64. The van der Waals surface area contributed by atoms with Crippen LogP contribution in [0.15, 0.2) is 47.4 Å². The van der Waals surface area contributed by atoms with E-state index in [0.717, 1.165) is 5.57 Å². The average Bonchev–Trinajstić information content (AvgIpc) is 2.94. The zero-order valence-electron chi connectivity index (χ0n) is 17.9. The minimum absolute atomic E-state index is 0.0996. The number of amides is 2. The first kappa shape index (κ1) is 23.9. The minimum atomic E-state index is -3.87. The lowest BCUT2D eigenvalue weighted by Gasteiger charge is -2.46. The molecule has 0 spiro atoms. The summed E-state index contributed by atoms with van der Waals surface area (Å²) in [6.45, 7) is 4.90. The van der Waals surface area contributed by atoms with E-state index in [1.807, 2.05) is 5.01 Å². The van der Waals surface area contributed by atoms with E-state index < -0.39 is 28.1 Å². The van der Waals surface area contributed by atoms with Crippen molar-refractivity contribution < 1.29 is 18.0 Å². The van der Waals surface area contributed by atoms with Crippen LogP contribution in [-0.2, 0) is 19.6 Å². The third kappa shape index (κ3) is 5.34. The average molecular weight is 463 g/mol. The standard InChI is InChI=1S/C21H30N6O4S/c1-15-10-12-26(18(13-15)19(20(22)23)24-14-28)27-11-6-5-9-17(21(27)29)25-32(30,31)16-7-3-2-4-8-16/h2-4,7-8,14,17-19,25H,1,5-6,9-13H2,(H3,22,23)(H,24,28). The molecule has 11 heteroatoms. The van der Waals surface area contributed by atoms with Crippen molar-refractivity contribution in [1.82, 2.24) is 20.1 Å². The van der Waals surface area contributed by atoms with Crippen LogP contribution in [-0.4, -0.2) is 67.8 Å². The fourth-order valence-electron chi connectivity index (χ4n) is 4.26. The predicted octanol–water partition coefficient (Wildman–Crippen LogP) is 0.332. The van der Waals surface area contributed by atoms with Crippen molar-refractivity contribution in [3.63, 3.8) is 0 Å². The maximum Gasteiger partial charge on any atom is 0.255 e. The maximum atomic E-state index is 13.5. The fraction of sp³-hybridized carbons (Fsp3) is 0.476. The van der Waals surface area contributed by atoms with Crippen molar-refractivity contribution in [2.75, 3.05) is 13.1 Å². The number of hydrogen-bond donors (Lipinski definition) is 4. The van der Waals surface area contributed by atoms with E-state index in [-0.39, 0.29) is 16.6 Å². The van der Waals surface area contributed by atoms with Gasteiger partial charge < -0.3 is 11.1 Å². The molecule has 3 rings (SSSR count). The Bertz CT molecular complexity index is 968. The molecule has 3 unspecified atom stereocenters. The van der Waals surface area contributed by atoms with Gasteiger partial charge in [0.1, 0.15) is 17.9 Å². The summed E-state index contributed by atoms with van der Waals surface area (Å²) in [7, 11) is -3.87. The molecular weight excluding hydrogens is 432 g/mol. The SMILES string of the molecule is C=C1CCN(N2CCCCC(NS(=O)(=O)c3ccccc3)C2=O)C(C(NC=O)C(=N)N)C1. The molecule has 2 aliphatic rings. The number of rotatable bonds is 8. The van der Waals surface area contributed by atoms with E-state index in [0.29, 0.717) is 51.6 Å². The van der Waals surface area contributed by atoms with Crippen molar-refractivity contribution in [2.45, 2.75) is 55.1 Å². The zero-order valence-corrected chi connectivity index (χ0v) is 18.7. The van der Waals surface area contributed by atoms with Crippen molar-refractivity contribution in [3.05, 3.63) is 42.5 Å². The molecule has 1 aromatic rings. The number of hydrazine groups is 1. The van der Waals surface area contributed by atoms with Gasteiger partial charge in [0.05, 0.1) is 10.9 Å². The van der Waals surface area contributed by atoms with Gasteiger partial charge in [-0.1, -0.05) is 30.4 Å². The molecule has 2 amide bonds. The molecule has 10 nitrogen and oxygen atoms in total. The molecule has 0 aromatic heterocycles. The van der Waals surface area contributed by atoms with Crippen LogP contribution in [0.5, 0.6) is 0 Å². The molecule has 2 fully saturated rings. The molecule has 2 aliphatic heterocycles. The zero-order chi connectivity index (χ0) is 23.3. The number of piperidine rings is 1. The number of benzene rings is 1. The molecule has 0 saturated carbocycles. The van der Waals surface area contributed by atoms with Crippen molar-refractivity contribution in [1.29, 1.82) is 5.41 Å². The van der Waals surface area contributed by atoms with E-state index in [2.05, 4.69) is 16.6 Å². The first-order valence-electron chi connectivity index (χ1n) is 10.6. The van der Waals surface area contributed by atoms with Crippen molar-refractivity contribution >= 4 is 28.2 Å². The minimum Gasteiger partial charge on any atom is -0.386 e. The first-order valence-corrected chi connectivity index (χ1v) is 12.1. The Balaban J connectivity index is 1.86. The second-order valence-corrected chi connectivity index (χ2v) is 9.81. The molecule has 2 heterocycles. The van der Waals surface area contributed by atoms with Crippen LogP contribution in [0, 0.1) is 5.41 Å². The summed E-state index contributed by atoms with van der Waals surface area (Å²) in [6, 6.07) is 5.77. The van der Waals surface area contributed by atoms with Crippen molar-refractivity contribution in [2.24, 2.45) is 5.73 Å². The Morgan fingerprint density at radius 2 is 1.97 bits per heavy atom. The maximum absolute atomic E-state index is 13.5. The fourth-order valence-corrected chi connectivity index (χ4v) is 5.50. The van der Waals surface area contributed by atoms with E-state index in [4.69, 9.17) is 11.1 Å². The van der Waals surface area contributed by atoms with Gasteiger partial charge in [0.25, 0.3) is 5.91 Å². The van der Waals surface area contributed by atoms with Gasteiger partial charge in [-0.05, 0) is 44.2 Å². The lowest BCUT2D eigenvalue weighted by atomic mass is 9.93. The second-order valence-electron chi connectivity index (χ2n) is 8.10. The van der Waals surface area contributed by atoms with Gasteiger partial charge in [-0.2, -0.15) is 4.72 Å². The molecule has 0 aliphatic carbocycles. The summed E-state index contributed by atoms with van der Waals surface area (Å²) >= 11 is 0. The first-order chi connectivity index (χ1) is 15.2. The highest BCUT2D eigenvalue weighted by molar-refractivity contribution is 7.89. The van der Waals surface area contributed by atoms with Gasteiger partial charge in [-0.15, -0.1) is 0 Å². The number of nitrogens with zero attached hydrogens (tertiary/aromatic N) is 2. The molecule has 0 radical (unpaired) electrons. The summed E-state index contributed by atoms with van der Waals surface area (Å²) < 4.78 is 28.2. The molecule has 2 saturated heterocycles. The molecule has 174 valence electrons. The van der Waals surface area contributed by atoms with Crippen LogP contribution in [0.4, 0.5) is 0 Å². The van der Waals surface area contributed by atoms with Gasteiger partial charge in [0, 0.05) is 13.1 Å². The normalized spacial score (nSPS) is 23.9. The van der Waals surface area contributed by atoms with Crippen LogP contribution < -0.4 is 15.8 Å². The molecule has 3 atom stereocenters. The van der Waals surface area contributed by atoms with Crippen molar-refractivity contribution in [3.8, 4) is 0 Å². The van der Waals surface area contributed by atoms with Crippen LogP contribution >= 0.6 is 0 Å². The third-order valence-corrected chi connectivity index (χ3v) is 7.36. The number of carbonyl (C=O) groups is 2. The summed E-state index contributed by atoms with van der Waals surface area (Å²) in [5, 5.41) is 13.9. The van der Waals surface area contributed by atoms with E-state index in [1.54, 1.807) is 23.2 Å². The largest absolute Gasteiger partial charge is 0.386 e. The van der Waals surface area contributed by atoms with E-state index >= 15 is 0 Å². The smallest absolute Gasteiger partial charge is 0.255 e. The number of nitrogens with one attached hydrogen (secondary N) is 3. The summed E-state index contributed by atoms with van der Waals surface area (Å²) in [5.74, 6) is -0.571. The highest BCUT2D eigenvalue weighted by Crippen LogP contribution is 2.27. The van der Waals surface area contributed by atoms with Gasteiger partial charge in [0.2, 0.25) is 16.4 Å².